The van der Waals surface area contributed by atoms with Gasteiger partial charge in [-0.25, -0.2) is 0 Å². The van der Waals surface area contributed by atoms with Gasteiger partial charge in [-0.3, -0.25) is 14.5 Å². The van der Waals surface area contributed by atoms with Crippen molar-refractivity contribution in [3.63, 3.8) is 0 Å². The van der Waals surface area contributed by atoms with Crippen molar-refractivity contribution in [3.8, 4) is 0 Å². The summed E-state index contributed by atoms with van der Waals surface area (Å²) in [6.45, 7) is 6.78. The number of hydrogen-bond acceptors (Lipinski definition) is 3. The minimum Gasteiger partial charge on any atom is -0.353 e. The van der Waals surface area contributed by atoms with Crippen molar-refractivity contribution in [1.29, 1.82) is 0 Å². The molecule has 1 heterocycles. The fourth-order valence-electron chi connectivity index (χ4n) is 2.63. The zero-order valence-electron chi connectivity index (χ0n) is 14.5. The number of rotatable bonds is 5. The number of nitrogens with one attached hydrogen (secondary N) is 1. The molecule has 2 amide bonds. The van der Waals surface area contributed by atoms with Crippen LogP contribution >= 0.6 is 23.2 Å². The lowest BCUT2D eigenvalue weighted by molar-refractivity contribution is -0.128. The van der Waals surface area contributed by atoms with Crippen LogP contribution in [0, 0.1) is 0 Å². The van der Waals surface area contributed by atoms with E-state index in [2.05, 4.69) is 10.2 Å². The lowest BCUT2D eigenvalue weighted by Crippen LogP contribution is -2.51. The summed E-state index contributed by atoms with van der Waals surface area (Å²) in [5, 5.41) is 3.90. The normalized spacial score (nSPS) is 15.8. The zero-order chi connectivity index (χ0) is 18.4. The first kappa shape index (κ1) is 19.8. The van der Waals surface area contributed by atoms with Gasteiger partial charge in [0.05, 0.1) is 6.54 Å². The first-order chi connectivity index (χ1) is 11.9. The molecule has 0 saturated carbocycles. The van der Waals surface area contributed by atoms with E-state index in [0.717, 1.165) is 0 Å². The number of nitrogens with zero attached hydrogens (tertiary/aromatic N) is 2. The minimum absolute atomic E-state index is 0.0167. The maximum Gasteiger partial charge on any atom is 0.246 e. The van der Waals surface area contributed by atoms with Crippen molar-refractivity contribution in [2.75, 3.05) is 32.7 Å². The Morgan fingerprint density at radius 1 is 1.16 bits per heavy atom. The second-order valence-electron chi connectivity index (χ2n) is 6.29. The Balaban J connectivity index is 1.85. The second kappa shape index (κ2) is 9.22. The zero-order valence-corrected chi connectivity index (χ0v) is 16.0. The van der Waals surface area contributed by atoms with Crippen molar-refractivity contribution >= 4 is 41.1 Å². The molecule has 2 rings (SSSR count). The summed E-state index contributed by atoms with van der Waals surface area (Å²) in [6, 6.07) is 5.37. The summed E-state index contributed by atoms with van der Waals surface area (Å²) in [4.78, 5) is 27.9. The molecule has 1 aliphatic rings. The lowest BCUT2D eigenvalue weighted by Gasteiger charge is -2.33. The van der Waals surface area contributed by atoms with Gasteiger partial charge in [0.1, 0.15) is 0 Å². The molecule has 1 fully saturated rings. The van der Waals surface area contributed by atoms with Gasteiger partial charge in [0.25, 0.3) is 0 Å². The number of carbonyl (C=O) groups excluding carboxylic acids is 2. The molecule has 0 aliphatic carbocycles. The predicted octanol–water partition coefficient (Wildman–Crippen LogP) is 2.68. The van der Waals surface area contributed by atoms with Gasteiger partial charge in [-0.15, -0.1) is 0 Å². The summed E-state index contributed by atoms with van der Waals surface area (Å²) < 4.78 is 0. The molecule has 7 heteroatoms. The van der Waals surface area contributed by atoms with E-state index in [1.807, 2.05) is 13.8 Å². The topological polar surface area (TPSA) is 52.7 Å². The number of benzene rings is 1. The molecule has 0 atom stereocenters. The quantitative estimate of drug-likeness (QED) is 0.795. The van der Waals surface area contributed by atoms with Crippen LogP contribution in [0.1, 0.15) is 19.4 Å². The lowest BCUT2D eigenvalue weighted by atomic mass is 10.2. The Bertz CT molecular complexity index is 633. The number of carbonyl (C=O) groups is 2. The third-order valence-electron chi connectivity index (χ3n) is 3.89. The van der Waals surface area contributed by atoms with Crippen LogP contribution in [0.4, 0.5) is 0 Å². The van der Waals surface area contributed by atoms with Crippen LogP contribution in [-0.2, 0) is 9.59 Å². The number of halogens is 2. The summed E-state index contributed by atoms with van der Waals surface area (Å²) in [5.74, 6) is -0.0645. The van der Waals surface area contributed by atoms with Gasteiger partial charge in [-0.05, 0) is 32.1 Å². The Morgan fingerprint density at radius 3 is 2.32 bits per heavy atom. The molecule has 0 bridgehead atoms. The van der Waals surface area contributed by atoms with Crippen LogP contribution in [0.2, 0.25) is 10.0 Å². The number of amides is 2. The first-order valence-corrected chi connectivity index (χ1v) is 9.05. The molecule has 0 unspecified atom stereocenters. The second-order valence-corrected chi connectivity index (χ2v) is 7.11. The van der Waals surface area contributed by atoms with Gasteiger partial charge in [-0.1, -0.05) is 29.3 Å². The third kappa shape index (κ3) is 6.03. The average molecular weight is 384 g/mol. The van der Waals surface area contributed by atoms with Crippen LogP contribution in [0.5, 0.6) is 0 Å². The predicted molar refractivity (Wildman–Crippen MR) is 102 cm³/mol. The van der Waals surface area contributed by atoms with Crippen molar-refractivity contribution in [2.24, 2.45) is 0 Å². The fourth-order valence-corrected chi connectivity index (χ4v) is 3.15. The summed E-state index contributed by atoms with van der Waals surface area (Å²) in [5.41, 5.74) is 0.642. The smallest absolute Gasteiger partial charge is 0.246 e. The van der Waals surface area contributed by atoms with Gasteiger partial charge < -0.3 is 10.2 Å². The Morgan fingerprint density at radius 2 is 1.76 bits per heavy atom. The number of hydrogen-bond donors (Lipinski definition) is 1. The van der Waals surface area contributed by atoms with Crippen molar-refractivity contribution in [2.45, 2.75) is 19.9 Å². The fraction of sp³-hybridized carbons (Fsp3) is 0.444. The van der Waals surface area contributed by atoms with E-state index in [9.17, 15) is 9.59 Å². The summed E-state index contributed by atoms with van der Waals surface area (Å²) >= 11 is 12.2. The van der Waals surface area contributed by atoms with Crippen LogP contribution in [-0.4, -0.2) is 60.4 Å². The molecular weight excluding hydrogens is 361 g/mol. The SMILES string of the molecule is CC(C)NC(=O)CN1CCN(C(=O)/C=C/c2c(Cl)cccc2Cl)CC1. The molecule has 5 nitrogen and oxygen atoms in total. The average Bonchev–Trinajstić information content (AvgIpc) is 2.54. The highest BCUT2D eigenvalue weighted by molar-refractivity contribution is 6.37. The van der Waals surface area contributed by atoms with Crippen molar-refractivity contribution in [3.05, 3.63) is 39.9 Å². The van der Waals surface area contributed by atoms with Gasteiger partial charge in [0.15, 0.2) is 0 Å². The summed E-state index contributed by atoms with van der Waals surface area (Å²) in [6.07, 6.45) is 3.14. The molecule has 0 spiro atoms. The molecule has 0 aromatic heterocycles. The number of piperazine rings is 1. The molecular formula is C18H23Cl2N3O2. The van der Waals surface area contributed by atoms with Gasteiger partial charge in [-0.2, -0.15) is 0 Å². The molecule has 1 N–H and O–H groups in total. The molecule has 0 radical (unpaired) electrons. The van der Waals surface area contributed by atoms with Crippen LogP contribution in [0.3, 0.4) is 0 Å². The molecule has 1 aromatic carbocycles. The highest BCUT2D eigenvalue weighted by Crippen LogP contribution is 2.25. The van der Waals surface area contributed by atoms with Crippen LogP contribution in [0.15, 0.2) is 24.3 Å². The molecule has 1 aliphatic heterocycles. The third-order valence-corrected chi connectivity index (χ3v) is 4.55. The standard InChI is InChI=1S/C18H23Cl2N3O2/c1-13(2)21-17(24)12-22-8-10-23(11-9-22)18(25)7-6-14-15(19)4-3-5-16(14)20/h3-7,13H,8-12H2,1-2H3,(H,21,24)/b7-6+. The molecule has 1 aromatic rings. The van der Waals surface area contributed by atoms with E-state index in [0.29, 0.717) is 48.3 Å². The van der Waals surface area contributed by atoms with Crippen molar-refractivity contribution in [1.82, 2.24) is 15.1 Å². The largest absolute Gasteiger partial charge is 0.353 e. The van der Waals surface area contributed by atoms with E-state index in [1.165, 1.54) is 6.08 Å². The molecule has 25 heavy (non-hydrogen) atoms. The van der Waals surface area contributed by atoms with Crippen molar-refractivity contribution < 1.29 is 9.59 Å². The Labute approximate surface area is 158 Å². The van der Waals surface area contributed by atoms with E-state index in [4.69, 9.17) is 23.2 Å². The Hall–Kier alpha value is -1.56. The van der Waals surface area contributed by atoms with E-state index in [-0.39, 0.29) is 17.9 Å². The first-order valence-electron chi connectivity index (χ1n) is 8.29. The van der Waals surface area contributed by atoms with Gasteiger partial charge in [0, 0.05) is 53.9 Å². The maximum atomic E-state index is 12.3. The minimum atomic E-state index is -0.0812. The van der Waals surface area contributed by atoms with Crippen LogP contribution in [0.25, 0.3) is 6.08 Å². The molecule has 1 saturated heterocycles. The highest BCUT2D eigenvalue weighted by atomic mass is 35.5. The van der Waals surface area contributed by atoms with Gasteiger partial charge in [0.2, 0.25) is 11.8 Å². The Kier molecular flexibility index (Phi) is 7.29. The van der Waals surface area contributed by atoms with E-state index in [1.54, 1.807) is 29.2 Å². The summed E-state index contributed by atoms with van der Waals surface area (Å²) in [7, 11) is 0. The van der Waals surface area contributed by atoms with E-state index >= 15 is 0 Å². The van der Waals surface area contributed by atoms with Gasteiger partial charge >= 0.3 is 0 Å². The monoisotopic (exact) mass is 383 g/mol. The van der Waals surface area contributed by atoms with E-state index < -0.39 is 0 Å². The van der Waals surface area contributed by atoms with Crippen LogP contribution < -0.4 is 5.32 Å². The highest BCUT2D eigenvalue weighted by Gasteiger charge is 2.21. The molecule has 136 valence electrons. The maximum absolute atomic E-state index is 12.3.